The summed E-state index contributed by atoms with van der Waals surface area (Å²) in [5.41, 5.74) is 4.34. The predicted octanol–water partition coefficient (Wildman–Crippen LogP) is 5.44. The first-order chi connectivity index (χ1) is 17.1. The van der Waals surface area contributed by atoms with E-state index in [9.17, 15) is 15.3 Å². The maximum Gasteiger partial charge on any atom is 0.115 e. The molecule has 0 saturated heterocycles. The molecule has 0 unspecified atom stereocenters. The number of hydrogen-bond donors (Lipinski definition) is 4. The van der Waals surface area contributed by atoms with Gasteiger partial charge >= 0.3 is 0 Å². The number of rotatable bonds is 6. The number of imidazole rings is 1. The van der Waals surface area contributed by atoms with Crippen molar-refractivity contribution in [3.8, 4) is 0 Å². The van der Waals surface area contributed by atoms with Gasteiger partial charge in [0.1, 0.15) is 5.82 Å². The first-order valence-corrected chi connectivity index (χ1v) is 14.0. The Balaban J connectivity index is 1.29. The molecular formula is C31H44N2O3. The molecule has 0 radical (unpaired) electrons. The molecule has 0 bridgehead atoms. The molecule has 0 aliphatic heterocycles. The normalized spacial score (nSPS) is 38.0. The van der Waals surface area contributed by atoms with Gasteiger partial charge < -0.3 is 20.3 Å². The van der Waals surface area contributed by atoms with Crippen LogP contribution < -0.4 is 0 Å². The zero-order valence-electron chi connectivity index (χ0n) is 22.2. The smallest absolute Gasteiger partial charge is 0.115 e. The van der Waals surface area contributed by atoms with Crippen molar-refractivity contribution in [3.63, 3.8) is 0 Å². The van der Waals surface area contributed by atoms with E-state index in [1.165, 1.54) is 31.3 Å². The Morgan fingerprint density at radius 1 is 1.17 bits per heavy atom. The lowest BCUT2D eigenvalue weighted by Gasteiger charge is -2.44. The second-order valence-electron chi connectivity index (χ2n) is 12.4. The van der Waals surface area contributed by atoms with Gasteiger partial charge in [-0.2, -0.15) is 0 Å². The molecule has 7 atom stereocenters. The van der Waals surface area contributed by atoms with Crippen LogP contribution >= 0.6 is 0 Å². The van der Waals surface area contributed by atoms with Crippen molar-refractivity contribution in [2.75, 3.05) is 0 Å². The lowest BCUT2D eigenvalue weighted by Crippen LogP contribution is -2.35. The molecule has 5 rings (SSSR count). The minimum absolute atomic E-state index is 0.231. The quantitative estimate of drug-likeness (QED) is 0.398. The predicted molar refractivity (Wildman–Crippen MR) is 143 cm³/mol. The lowest BCUT2D eigenvalue weighted by molar-refractivity contribution is 0.0862. The van der Waals surface area contributed by atoms with Crippen molar-refractivity contribution in [1.82, 2.24) is 9.97 Å². The minimum atomic E-state index is -0.638. The van der Waals surface area contributed by atoms with Gasteiger partial charge in [0.05, 0.1) is 23.7 Å². The molecule has 4 saturated carbocycles. The van der Waals surface area contributed by atoms with E-state index in [1.807, 2.05) is 19.2 Å². The van der Waals surface area contributed by atoms with Crippen molar-refractivity contribution in [2.45, 2.75) is 102 Å². The summed E-state index contributed by atoms with van der Waals surface area (Å²) in [5.74, 6) is 2.50. The highest BCUT2D eigenvalue weighted by Crippen LogP contribution is 2.59. The number of aromatic amines is 1. The van der Waals surface area contributed by atoms with Crippen LogP contribution in [0.25, 0.3) is 0 Å². The molecule has 36 heavy (non-hydrogen) atoms. The largest absolute Gasteiger partial charge is 0.393 e. The SMILES string of the molecule is C=C1C(=CC=C2CCC[C@]3(C)[C@@H]([C@H](C)C=C[C@H](O)C4(c5ncc(C)[nH]5)CC4)CC[C@@H]23)C[C@@H](O)C[C@@H]1O. The first-order valence-electron chi connectivity index (χ1n) is 14.0. The molecule has 196 valence electrons. The van der Waals surface area contributed by atoms with E-state index in [0.29, 0.717) is 30.6 Å². The first kappa shape index (κ1) is 25.7. The van der Waals surface area contributed by atoms with Gasteiger partial charge in [-0.05, 0) is 92.6 Å². The zero-order valence-corrected chi connectivity index (χ0v) is 22.2. The van der Waals surface area contributed by atoms with Crippen LogP contribution in [0.2, 0.25) is 0 Å². The molecule has 1 aromatic rings. The number of aromatic nitrogens is 2. The van der Waals surface area contributed by atoms with E-state index in [2.05, 4.69) is 48.6 Å². The maximum absolute atomic E-state index is 11.1. The number of allylic oxidation sites excluding steroid dienone is 4. The Labute approximate surface area is 216 Å². The number of H-pyrrole nitrogens is 1. The summed E-state index contributed by atoms with van der Waals surface area (Å²) in [4.78, 5) is 7.86. The monoisotopic (exact) mass is 492 g/mol. The summed E-state index contributed by atoms with van der Waals surface area (Å²) in [6, 6.07) is 0. The number of hydrogen-bond acceptors (Lipinski definition) is 4. The van der Waals surface area contributed by atoms with Gasteiger partial charge in [0.25, 0.3) is 0 Å². The average Bonchev–Trinajstić information content (AvgIpc) is 3.41. The van der Waals surface area contributed by atoms with E-state index in [1.54, 1.807) is 0 Å². The summed E-state index contributed by atoms with van der Waals surface area (Å²) in [6.07, 6.45) is 17.9. The summed E-state index contributed by atoms with van der Waals surface area (Å²) in [6.45, 7) is 10.9. The van der Waals surface area contributed by atoms with E-state index >= 15 is 0 Å². The molecule has 5 heteroatoms. The van der Waals surface area contributed by atoms with Crippen molar-refractivity contribution in [3.05, 3.63) is 65.3 Å². The van der Waals surface area contributed by atoms with Crippen LogP contribution in [0.15, 0.2) is 53.8 Å². The fourth-order valence-corrected chi connectivity index (χ4v) is 7.68. The molecular weight excluding hydrogens is 448 g/mol. The van der Waals surface area contributed by atoms with Crippen LogP contribution in [0.3, 0.4) is 0 Å². The van der Waals surface area contributed by atoms with Gasteiger partial charge in [0, 0.05) is 18.3 Å². The van der Waals surface area contributed by atoms with E-state index < -0.39 is 18.3 Å². The van der Waals surface area contributed by atoms with Crippen molar-refractivity contribution in [1.29, 1.82) is 0 Å². The molecule has 0 spiro atoms. The fourth-order valence-electron chi connectivity index (χ4n) is 7.68. The van der Waals surface area contributed by atoms with Crippen LogP contribution in [0, 0.1) is 30.1 Å². The van der Waals surface area contributed by atoms with E-state index in [0.717, 1.165) is 41.9 Å². The number of aliphatic hydroxyl groups excluding tert-OH is 3. The third kappa shape index (κ3) is 4.59. The molecule has 1 aromatic heterocycles. The third-order valence-electron chi connectivity index (χ3n) is 10.1. The Morgan fingerprint density at radius 3 is 2.64 bits per heavy atom. The highest BCUT2D eigenvalue weighted by molar-refractivity contribution is 5.38. The molecule has 1 heterocycles. The highest BCUT2D eigenvalue weighted by Gasteiger charge is 2.53. The van der Waals surface area contributed by atoms with Crippen molar-refractivity contribution >= 4 is 0 Å². The van der Waals surface area contributed by atoms with E-state index in [-0.39, 0.29) is 10.8 Å². The van der Waals surface area contributed by atoms with Gasteiger partial charge in [0.2, 0.25) is 0 Å². The van der Waals surface area contributed by atoms with Crippen LogP contribution in [0.4, 0.5) is 0 Å². The summed E-state index contributed by atoms with van der Waals surface area (Å²) in [7, 11) is 0. The molecule has 4 aliphatic carbocycles. The van der Waals surface area contributed by atoms with Crippen LogP contribution in [-0.4, -0.2) is 43.6 Å². The van der Waals surface area contributed by atoms with Gasteiger partial charge in [0.15, 0.2) is 0 Å². The van der Waals surface area contributed by atoms with Gasteiger partial charge in [-0.15, -0.1) is 0 Å². The number of nitrogens with zero attached hydrogens (tertiary/aromatic N) is 1. The van der Waals surface area contributed by atoms with E-state index in [4.69, 9.17) is 0 Å². The lowest BCUT2D eigenvalue weighted by atomic mass is 9.61. The van der Waals surface area contributed by atoms with Gasteiger partial charge in [-0.1, -0.05) is 50.3 Å². The van der Waals surface area contributed by atoms with Crippen LogP contribution in [0.1, 0.15) is 83.2 Å². The topological polar surface area (TPSA) is 89.4 Å². The van der Waals surface area contributed by atoms with Gasteiger partial charge in [-0.3, -0.25) is 0 Å². The number of fused-ring (bicyclic) bond motifs is 1. The van der Waals surface area contributed by atoms with Crippen LogP contribution in [-0.2, 0) is 5.41 Å². The molecule has 4 aliphatic rings. The molecule has 0 amide bonds. The second kappa shape index (κ2) is 9.74. The van der Waals surface area contributed by atoms with Crippen LogP contribution in [0.5, 0.6) is 0 Å². The second-order valence-corrected chi connectivity index (χ2v) is 12.4. The maximum atomic E-state index is 11.1. The number of aliphatic hydroxyl groups is 3. The number of nitrogens with one attached hydrogen (secondary N) is 1. The molecule has 5 nitrogen and oxygen atoms in total. The average molecular weight is 493 g/mol. The molecule has 0 aromatic carbocycles. The summed E-state index contributed by atoms with van der Waals surface area (Å²) >= 11 is 0. The Bertz CT molecular complexity index is 1080. The van der Waals surface area contributed by atoms with Crippen molar-refractivity contribution in [2.24, 2.45) is 23.2 Å². The third-order valence-corrected chi connectivity index (χ3v) is 10.1. The zero-order chi connectivity index (χ0) is 25.7. The van der Waals surface area contributed by atoms with Crippen molar-refractivity contribution < 1.29 is 15.3 Å². The Kier molecular flexibility index (Phi) is 6.95. The molecule has 4 fully saturated rings. The highest BCUT2D eigenvalue weighted by atomic mass is 16.3. The summed E-state index contributed by atoms with van der Waals surface area (Å²) in [5, 5.41) is 31.4. The summed E-state index contributed by atoms with van der Waals surface area (Å²) < 4.78 is 0. The molecule has 4 N–H and O–H groups in total. The minimum Gasteiger partial charge on any atom is -0.393 e. The Hall–Kier alpha value is -1.95. The standard InChI is InChI=1S/C31H44N2O3/c1-19(7-12-28(36)31(14-15-31)29-32-18-20(2)33-29)25-10-11-26-22(6-5-13-30(25,26)4)8-9-23-16-24(34)17-27(35)21(23)3/h7-9,12,18-19,24-28,34-36H,3,5-6,10-11,13-17H2,1-2,4H3,(H,32,33)/t19-,24-,25-,26+,27+,28+,30-/m1/s1. The number of aryl methyl sites for hydroxylation is 1. The Morgan fingerprint density at radius 2 is 1.94 bits per heavy atom. The fraction of sp³-hybridized carbons (Fsp3) is 0.645. The van der Waals surface area contributed by atoms with Gasteiger partial charge in [-0.25, -0.2) is 4.98 Å².